The van der Waals surface area contributed by atoms with Gasteiger partial charge in [-0.15, -0.1) is 0 Å². The Morgan fingerprint density at radius 1 is 1.00 bits per heavy atom. The van der Waals surface area contributed by atoms with Gasteiger partial charge in [-0.25, -0.2) is 4.99 Å². The van der Waals surface area contributed by atoms with E-state index in [2.05, 4.69) is 49.8 Å². The number of hydrogen-bond donors (Lipinski definition) is 1. The summed E-state index contributed by atoms with van der Waals surface area (Å²) in [6, 6.07) is 8.75. The predicted molar refractivity (Wildman–Crippen MR) is 93.5 cm³/mol. The molecule has 1 aliphatic rings. The summed E-state index contributed by atoms with van der Waals surface area (Å²) in [4.78, 5) is 4.60. The second-order valence-electron chi connectivity index (χ2n) is 6.00. The van der Waals surface area contributed by atoms with E-state index >= 15 is 0 Å². The van der Waals surface area contributed by atoms with E-state index in [0.717, 1.165) is 22.7 Å². The molecule has 2 heteroatoms. The van der Waals surface area contributed by atoms with Crippen LogP contribution in [-0.4, -0.2) is 11.8 Å². The molecule has 0 bridgehead atoms. The van der Waals surface area contributed by atoms with Crippen LogP contribution >= 0.6 is 0 Å². The van der Waals surface area contributed by atoms with Gasteiger partial charge in [-0.05, 0) is 61.3 Å². The van der Waals surface area contributed by atoms with E-state index in [0.29, 0.717) is 12.0 Å². The highest BCUT2D eigenvalue weighted by molar-refractivity contribution is 6.07. The maximum absolute atomic E-state index is 4.60. The Morgan fingerprint density at radius 3 is 2.19 bits per heavy atom. The molecule has 1 aromatic carbocycles. The maximum Gasteiger partial charge on any atom is 0.0638 e. The minimum absolute atomic E-state index is 0.484. The summed E-state index contributed by atoms with van der Waals surface area (Å²) in [5.41, 5.74) is 4.08. The molecule has 110 valence electrons. The standard InChI is InChI=1S/C19H24N2/c1-14(2)13-16(4)20-17-9-11-19(12-10-17)21-18-7-5-15(3)6-8-18/h5-12,14,16,20H,3,13H2,1-2,4H3. The van der Waals surface area contributed by atoms with Crippen molar-refractivity contribution in [3.63, 3.8) is 0 Å². The normalized spacial score (nSPS) is 15.4. The number of rotatable bonds is 5. The molecule has 0 aliphatic heterocycles. The first-order valence-electron chi connectivity index (χ1n) is 7.53. The van der Waals surface area contributed by atoms with Gasteiger partial charge in [-0.2, -0.15) is 0 Å². The minimum Gasteiger partial charge on any atom is -0.383 e. The van der Waals surface area contributed by atoms with Crippen molar-refractivity contribution >= 4 is 17.1 Å². The molecule has 2 nitrogen and oxygen atoms in total. The van der Waals surface area contributed by atoms with Crippen LogP contribution in [0.4, 0.5) is 11.4 Å². The number of anilines is 1. The highest BCUT2D eigenvalue weighted by Gasteiger charge is 2.04. The van der Waals surface area contributed by atoms with Crippen molar-refractivity contribution in [1.29, 1.82) is 0 Å². The fourth-order valence-electron chi connectivity index (χ4n) is 2.40. The van der Waals surface area contributed by atoms with Crippen LogP contribution in [0.2, 0.25) is 0 Å². The second-order valence-corrected chi connectivity index (χ2v) is 6.00. The van der Waals surface area contributed by atoms with Crippen molar-refractivity contribution in [1.82, 2.24) is 0 Å². The lowest BCUT2D eigenvalue weighted by atomic mass is 10.1. The predicted octanol–water partition coefficient (Wildman–Crippen LogP) is 5.29. The van der Waals surface area contributed by atoms with Gasteiger partial charge in [0.1, 0.15) is 0 Å². The van der Waals surface area contributed by atoms with Crippen LogP contribution in [0.25, 0.3) is 0 Å². The molecular weight excluding hydrogens is 256 g/mol. The Morgan fingerprint density at radius 2 is 1.62 bits per heavy atom. The Labute approximate surface area is 128 Å². The fourth-order valence-corrected chi connectivity index (χ4v) is 2.40. The Kier molecular flexibility index (Phi) is 5.15. The summed E-state index contributed by atoms with van der Waals surface area (Å²) in [7, 11) is 0. The summed E-state index contributed by atoms with van der Waals surface area (Å²) in [5, 5.41) is 3.52. The second kappa shape index (κ2) is 7.07. The monoisotopic (exact) mass is 280 g/mol. The van der Waals surface area contributed by atoms with Crippen LogP contribution in [0, 0.1) is 5.92 Å². The zero-order chi connectivity index (χ0) is 15.2. The topological polar surface area (TPSA) is 24.4 Å². The summed E-state index contributed by atoms with van der Waals surface area (Å²) in [5.74, 6) is 0.706. The average Bonchev–Trinajstić information content (AvgIpc) is 2.42. The van der Waals surface area contributed by atoms with Crippen molar-refractivity contribution < 1.29 is 0 Å². The quantitative estimate of drug-likeness (QED) is 0.778. The molecule has 1 unspecified atom stereocenters. The van der Waals surface area contributed by atoms with Gasteiger partial charge in [0, 0.05) is 11.7 Å². The number of nitrogens with one attached hydrogen (secondary N) is 1. The molecule has 1 N–H and O–H groups in total. The van der Waals surface area contributed by atoms with E-state index in [9.17, 15) is 0 Å². The SMILES string of the molecule is C=C1C=CC(=Nc2ccc(NC(C)CC(C)C)cc2)C=C1. The third-order valence-corrected chi connectivity index (χ3v) is 3.30. The first-order chi connectivity index (χ1) is 10.0. The van der Waals surface area contributed by atoms with Crippen molar-refractivity contribution in [3.8, 4) is 0 Å². The van der Waals surface area contributed by atoms with E-state index in [1.807, 2.05) is 36.4 Å². The van der Waals surface area contributed by atoms with Crippen molar-refractivity contribution in [2.75, 3.05) is 5.32 Å². The van der Waals surface area contributed by atoms with Crippen molar-refractivity contribution in [2.45, 2.75) is 33.2 Å². The molecule has 0 saturated carbocycles. The highest BCUT2D eigenvalue weighted by Crippen LogP contribution is 2.19. The number of allylic oxidation sites excluding steroid dienone is 5. The lowest BCUT2D eigenvalue weighted by Gasteiger charge is -2.17. The molecule has 0 saturated heterocycles. The summed E-state index contributed by atoms with van der Waals surface area (Å²) < 4.78 is 0. The van der Waals surface area contributed by atoms with E-state index in [4.69, 9.17) is 0 Å². The first-order valence-corrected chi connectivity index (χ1v) is 7.53. The number of hydrogen-bond acceptors (Lipinski definition) is 2. The van der Waals surface area contributed by atoms with Gasteiger partial charge in [0.05, 0.1) is 11.4 Å². The van der Waals surface area contributed by atoms with Gasteiger partial charge in [0.25, 0.3) is 0 Å². The summed E-state index contributed by atoms with van der Waals surface area (Å²) in [6.45, 7) is 10.6. The smallest absolute Gasteiger partial charge is 0.0638 e. The highest BCUT2D eigenvalue weighted by atomic mass is 14.9. The van der Waals surface area contributed by atoms with Crippen LogP contribution < -0.4 is 5.32 Å². The molecule has 1 aliphatic carbocycles. The molecular formula is C19H24N2. The molecule has 1 aromatic rings. The molecule has 21 heavy (non-hydrogen) atoms. The fraction of sp³-hybridized carbons (Fsp3) is 0.316. The third-order valence-electron chi connectivity index (χ3n) is 3.30. The lowest BCUT2D eigenvalue weighted by Crippen LogP contribution is -2.17. The Hall–Kier alpha value is -2.09. The van der Waals surface area contributed by atoms with E-state index in [1.165, 1.54) is 6.42 Å². The van der Waals surface area contributed by atoms with Crippen LogP contribution in [0.15, 0.2) is 65.7 Å². The molecule has 0 spiro atoms. The largest absolute Gasteiger partial charge is 0.383 e. The van der Waals surface area contributed by atoms with E-state index in [1.54, 1.807) is 0 Å². The zero-order valence-corrected chi connectivity index (χ0v) is 13.1. The molecule has 0 heterocycles. The van der Waals surface area contributed by atoms with Crippen LogP contribution in [0.1, 0.15) is 27.2 Å². The number of aliphatic imine (C=N–C) groups is 1. The van der Waals surface area contributed by atoms with Crippen LogP contribution in [-0.2, 0) is 0 Å². The van der Waals surface area contributed by atoms with Gasteiger partial charge >= 0.3 is 0 Å². The van der Waals surface area contributed by atoms with E-state index in [-0.39, 0.29) is 0 Å². The minimum atomic E-state index is 0.484. The third kappa shape index (κ3) is 5.07. The van der Waals surface area contributed by atoms with Gasteiger partial charge in [0.2, 0.25) is 0 Å². The molecule has 0 fully saturated rings. The maximum atomic E-state index is 4.60. The molecule has 1 atom stereocenters. The zero-order valence-electron chi connectivity index (χ0n) is 13.1. The van der Waals surface area contributed by atoms with Crippen molar-refractivity contribution in [2.24, 2.45) is 10.9 Å². The first kappa shape index (κ1) is 15.3. The molecule has 0 amide bonds. The van der Waals surface area contributed by atoms with Crippen molar-refractivity contribution in [3.05, 3.63) is 60.7 Å². The number of benzene rings is 1. The average molecular weight is 280 g/mol. The van der Waals surface area contributed by atoms with E-state index < -0.39 is 0 Å². The lowest BCUT2D eigenvalue weighted by molar-refractivity contribution is 0.540. The molecule has 0 radical (unpaired) electrons. The van der Waals surface area contributed by atoms with Gasteiger partial charge in [0.15, 0.2) is 0 Å². The van der Waals surface area contributed by atoms with Gasteiger partial charge in [-0.1, -0.05) is 32.6 Å². The molecule has 0 aromatic heterocycles. The van der Waals surface area contributed by atoms with Crippen LogP contribution in [0.3, 0.4) is 0 Å². The Balaban J connectivity index is 1.99. The summed E-state index contributed by atoms with van der Waals surface area (Å²) in [6.07, 6.45) is 9.09. The summed E-state index contributed by atoms with van der Waals surface area (Å²) >= 11 is 0. The molecule has 2 rings (SSSR count). The number of nitrogens with zero attached hydrogens (tertiary/aromatic N) is 1. The van der Waals surface area contributed by atoms with Gasteiger partial charge in [-0.3, -0.25) is 0 Å². The Bertz CT molecular complexity index is 556. The van der Waals surface area contributed by atoms with Gasteiger partial charge < -0.3 is 5.32 Å². The van der Waals surface area contributed by atoms with Crippen LogP contribution in [0.5, 0.6) is 0 Å².